The molecule has 0 unspecified atom stereocenters. The Bertz CT molecular complexity index is 557. The molecule has 2 rings (SSSR count). The average Bonchev–Trinajstić information content (AvgIpc) is 2.69. The summed E-state index contributed by atoms with van der Waals surface area (Å²) in [5.74, 6) is 0.595. The summed E-state index contributed by atoms with van der Waals surface area (Å²) in [6, 6.07) is 7.63. The van der Waals surface area contributed by atoms with Crippen LogP contribution < -0.4 is 5.32 Å². The van der Waals surface area contributed by atoms with Crippen LogP contribution in [-0.2, 0) is 0 Å². The first-order chi connectivity index (χ1) is 7.70. The van der Waals surface area contributed by atoms with Gasteiger partial charge in [-0.1, -0.05) is 11.6 Å². The van der Waals surface area contributed by atoms with Crippen LogP contribution in [0.1, 0.15) is 10.4 Å². The normalized spacial score (nSPS) is 9.81. The molecule has 1 heterocycles. The summed E-state index contributed by atoms with van der Waals surface area (Å²) in [5.41, 5.74) is 3.57. The number of thiazole rings is 1. The van der Waals surface area contributed by atoms with Gasteiger partial charge in [-0.05, 0) is 30.7 Å². The number of aromatic nitrogens is 1. The Hall–Kier alpha value is -1.57. The smallest absolute Gasteiger partial charge is 0.159 e. The number of hydrogen-bond acceptors (Lipinski definition) is 4. The summed E-state index contributed by atoms with van der Waals surface area (Å²) in [5, 5.41) is 12.7. The zero-order chi connectivity index (χ0) is 11.5. The van der Waals surface area contributed by atoms with E-state index in [1.165, 1.54) is 11.3 Å². The molecule has 0 saturated heterocycles. The lowest BCUT2D eigenvalue weighted by molar-refractivity contribution is 1.34. The first-order valence-electron chi connectivity index (χ1n) is 4.57. The molecular formula is C11H8ClN3S. The van der Waals surface area contributed by atoms with Crippen molar-refractivity contribution in [1.82, 2.24) is 4.98 Å². The van der Waals surface area contributed by atoms with Crippen LogP contribution in [0.4, 0.5) is 11.5 Å². The molecule has 0 aliphatic rings. The van der Waals surface area contributed by atoms with Crippen LogP contribution in [0, 0.1) is 18.3 Å². The lowest BCUT2D eigenvalue weighted by Crippen LogP contribution is -1.94. The van der Waals surface area contributed by atoms with Crippen molar-refractivity contribution in [3.8, 4) is 6.07 Å². The maximum absolute atomic E-state index is 8.86. The third kappa shape index (κ3) is 2.16. The van der Waals surface area contributed by atoms with Crippen LogP contribution in [0.5, 0.6) is 0 Å². The van der Waals surface area contributed by atoms with Gasteiger partial charge in [-0.3, -0.25) is 0 Å². The summed E-state index contributed by atoms with van der Waals surface area (Å²) < 4.78 is 0. The molecule has 0 aliphatic heterocycles. The third-order valence-corrected chi connectivity index (χ3v) is 3.08. The number of nitriles is 1. The van der Waals surface area contributed by atoms with Crippen molar-refractivity contribution >= 4 is 34.4 Å². The number of benzene rings is 1. The van der Waals surface area contributed by atoms with Gasteiger partial charge in [0.25, 0.3) is 0 Å². The highest BCUT2D eigenvalue weighted by atomic mass is 35.5. The molecule has 5 heteroatoms. The molecule has 1 aromatic carbocycles. The minimum absolute atomic E-state index is 0.578. The molecule has 0 radical (unpaired) electrons. The highest BCUT2D eigenvalue weighted by Gasteiger charge is 2.06. The summed E-state index contributed by atoms with van der Waals surface area (Å²) >= 11 is 7.18. The molecule has 0 spiro atoms. The van der Waals surface area contributed by atoms with Crippen LogP contribution >= 0.6 is 22.9 Å². The van der Waals surface area contributed by atoms with Gasteiger partial charge in [-0.2, -0.15) is 5.26 Å². The minimum Gasteiger partial charge on any atom is -0.338 e. The van der Waals surface area contributed by atoms with Gasteiger partial charge in [-0.15, -0.1) is 11.3 Å². The summed E-state index contributed by atoms with van der Waals surface area (Å²) in [7, 11) is 0. The average molecular weight is 250 g/mol. The van der Waals surface area contributed by atoms with Gasteiger partial charge in [0.1, 0.15) is 10.9 Å². The molecule has 1 N–H and O–H groups in total. The second-order valence-electron chi connectivity index (χ2n) is 3.23. The van der Waals surface area contributed by atoms with Gasteiger partial charge in [0.05, 0.1) is 5.51 Å². The zero-order valence-corrected chi connectivity index (χ0v) is 10.1. The van der Waals surface area contributed by atoms with E-state index in [0.717, 1.165) is 11.3 Å². The highest BCUT2D eigenvalue weighted by molar-refractivity contribution is 7.10. The molecule has 0 atom stereocenters. The summed E-state index contributed by atoms with van der Waals surface area (Å²) in [6.45, 7) is 1.95. The zero-order valence-electron chi connectivity index (χ0n) is 8.49. The minimum atomic E-state index is 0.578. The van der Waals surface area contributed by atoms with Crippen molar-refractivity contribution in [2.45, 2.75) is 6.92 Å². The van der Waals surface area contributed by atoms with E-state index < -0.39 is 0 Å². The van der Waals surface area contributed by atoms with E-state index in [0.29, 0.717) is 15.7 Å². The fourth-order valence-electron chi connectivity index (χ4n) is 1.31. The van der Waals surface area contributed by atoms with Crippen molar-refractivity contribution < 1.29 is 0 Å². The Kier molecular flexibility index (Phi) is 3.09. The molecule has 0 aliphatic carbocycles. The summed E-state index contributed by atoms with van der Waals surface area (Å²) in [4.78, 5) is 4.68. The van der Waals surface area contributed by atoms with E-state index in [-0.39, 0.29) is 0 Å². The van der Waals surface area contributed by atoms with E-state index >= 15 is 0 Å². The maximum atomic E-state index is 8.86. The maximum Gasteiger partial charge on any atom is 0.159 e. The predicted molar refractivity (Wildman–Crippen MR) is 66.3 cm³/mol. The predicted octanol–water partition coefficient (Wildman–Crippen LogP) is 3.72. The molecule has 2 aromatic rings. The Morgan fingerprint density at radius 3 is 3.00 bits per heavy atom. The molecule has 0 bridgehead atoms. The number of nitrogens with one attached hydrogen (secondary N) is 1. The third-order valence-electron chi connectivity index (χ3n) is 2.11. The number of anilines is 2. The molecule has 1 aromatic heterocycles. The molecule has 3 nitrogen and oxygen atoms in total. The number of nitrogens with zero attached hydrogens (tertiary/aromatic N) is 2. The Labute approximate surface area is 102 Å². The first-order valence-corrected chi connectivity index (χ1v) is 5.83. The highest BCUT2D eigenvalue weighted by Crippen LogP contribution is 2.25. The second-order valence-corrected chi connectivity index (χ2v) is 4.52. The Balaban J connectivity index is 2.31. The lowest BCUT2D eigenvalue weighted by atomic mass is 10.2. The van der Waals surface area contributed by atoms with Crippen LogP contribution in [0.15, 0.2) is 23.7 Å². The van der Waals surface area contributed by atoms with Crippen molar-refractivity contribution in [2.24, 2.45) is 0 Å². The number of hydrogen-bond donors (Lipinski definition) is 1. The van der Waals surface area contributed by atoms with Gasteiger partial charge >= 0.3 is 0 Å². The second kappa shape index (κ2) is 4.52. The summed E-state index contributed by atoms with van der Waals surface area (Å²) in [6.07, 6.45) is 0. The molecular weight excluding hydrogens is 242 g/mol. The van der Waals surface area contributed by atoms with Crippen LogP contribution in [-0.4, -0.2) is 4.98 Å². The van der Waals surface area contributed by atoms with Crippen molar-refractivity contribution in [3.63, 3.8) is 0 Å². The van der Waals surface area contributed by atoms with Gasteiger partial charge in [0, 0.05) is 10.7 Å². The van der Waals surface area contributed by atoms with Crippen LogP contribution in [0.25, 0.3) is 0 Å². The molecule has 80 valence electrons. The monoisotopic (exact) mass is 249 g/mol. The molecule has 16 heavy (non-hydrogen) atoms. The molecule has 0 fully saturated rings. The number of halogens is 1. The van der Waals surface area contributed by atoms with E-state index in [2.05, 4.69) is 16.4 Å². The van der Waals surface area contributed by atoms with Gasteiger partial charge in [0.2, 0.25) is 0 Å². The van der Waals surface area contributed by atoms with Crippen LogP contribution in [0.2, 0.25) is 5.02 Å². The standard InChI is InChI=1S/C11H8ClN3S/c1-7-4-8(12)2-3-9(7)15-11-10(5-13)16-6-14-11/h2-4,6,15H,1H3. The van der Waals surface area contributed by atoms with Gasteiger partial charge < -0.3 is 5.32 Å². The van der Waals surface area contributed by atoms with Crippen molar-refractivity contribution in [3.05, 3.63) is 39.2 Å². The largest absolute Gasteiger partial charge is 0.338 e. The van der Waals surface area contributed by atoms with E-state index in [1.807, 2.05) is 19.1 Å². The quantitative estimate of drug-likeness (QED) is 0.883. The topological polar surface area (TPSA) is 48.7 Å². The first kappa shape index (κ1) is 10.9. The van der Waals surface area contributed by atoms with E-state index in [1.54, 1.807) is 11.6 Å². The molecule has 0 amide bonds. The van der Waals surface area contributed by atoms with Crippen molar-refractivity contribution in [2.75, 3.05) is 5.32 Å². The van der Waals surface area contributed by atoms with Gasteiger partial charge in [0.15, 0.2) is 5.82 Å². The fourth-order valence-corrected chi connectivity index (χ4v) is 2.07. The lowest BCUT2D eigenvalue weighted by Gasteiger charge is -2.07. The Morgan fingerprint density at radius 2 is 2.31 bits per heavy atom. The molecule has 0 saturated carbocycles. The van der Waals surface area contributed by atoms with E-state index in [4.69, 9.17) is 16.9 Å². The fraction of sp³-hybridized carbons (Fsp3) is 0.0909. The number of rotatable bonds is 2. The van der Waals surface area contributed by atoms with Crippen molar-refractivity contribution in [1.29, 1.82) is 5.26 Å². The SMILES string of the molecule is Cc1cc(Cl)ccc1Nc1ncsc1C#N. The van der Waals surface area contributed by atoms with Gasteiger partial charge in [-0.25, -0.2) is 4.98 Å². The Morgan fingerprint density at radius 1 is 1.50 bits per heavy atom. The van der Waals surface area contributed by atoms with Crippen LogP contribution in [0.3, 0.4) is 0 Å². The number of aryl methyl sites for hydroxylation is 1. The van der Waals surface area contributed by atoms with E-state index in [9.17, 15) is 0 Å².